The Kier molecular flexibility index (Phi) is 3.14. The molecule has 0 aliphatic carbocycles. The maximum atomic E-state index is 12.5. The Hall–Kier alpha value is -2.40. The second kappa shape index (κ2) is 4.86. The van der Waals surface area contributed by atoms with E-state index in [9.17, 15) is 13.2 Å². The molecular formula is C16H13NO3S. The number of sulfone groups is 1. The van der Waals surface area contributed by atoms with Crippen molar-refractivity contribution in [3.63, 3.8) is 0 Å². The summed E-state index contributed by atoms with van der Waals surface area (Å²) in [5.74, 6) is -0.0504. The summed E-state index contributed by atoms with van der Waals surface area (Å²) in [6.07, 6.45) is 0. The SMILES string of the molecule is CC(=O)c1ccc2[nH]c(S(=O)(=O)c3ccccc3)cc2c1. The molecular weight excluding hydrogens is 286 g/mol. The predicted octanol–water partition coefficient (Wildman–Crippen LogP) is 3.20. The van der Waals surface area contributed by atoms with Gasteiger partial charge < -0.3 is 4.98 Å². The summed E-state index contributed by atoms with van der Waals surface area (Å²) in [5, 5.41) is 0.835. The number of hydrogen-bond donors (Lipinski definition) is 1. The minimum Gasteiger partial charge on any atom is -0.345 e. The average Bonchev–Trinajstić information content (AvgIpc) is 2.91. The molecule has 1 N–H and O–H groups in total. The summed E-state index contributed by atoms with van der Waals surface area (Å²) in [6, 6.07) is 14.9. The van der Waals surface area contributed by atoms with Gasteiger partial charge in [-0.1, -0.05) is 18.2 Å². The lowest BCUT2D eigenvalue weighted by atomic mass is 10.1. The predicted molar refractivity (Wildman–Crippen MR) is 80.2 cm³/mol. The standard InChI is InChI=1S/C16H13NO3S/c1-11(18)12-7-8-15-13(9-12)10-16(17-15)21(19,20)14-5-3-2-4-6-14/h2-10,17H,1H3. The van der Waals surface area contributed by atoms with Crippen molar-refractivity contribution in [3.8, 4) is 0 Å². The van der Waals surface area contributed by atoms with Crippen molar-refractivity contribution in [3.05, 3.63) is 60.2 Å². The minimum atomic E-state index is -3.57. The van der Waals surface area contributed by atoms with Gasteiger partial charge in [-0.3, -0.25) is 4.79 Å². The summed E-state index contributed by atoms with van der Waals surface area (Å²) in [4.78, 5) is 14.5. The van der Waals surface area contributed by atoms with E-state index >= 15 is 0 Å². The van der Waals surface area contributed by atoms with Crippen LogP contribution < -0.4 is 0 Å². The van der Waals surface area contributed by atoms with Crippen LogP contribution in [-0.4, -0.2) is 19.2 Å². The van der Waals surface area contributed by atoms with E-state index in [1.54, 1.807) is 54.6 Å². The van der Waals surface area contributed by atoms with E-state index in [2.05, 4.69) is 4.98 Å². The molecule has 0 saturated heterocycles. The molecule has 0 unspecified atom stereocenters. The molecule has 21 heavy (non-hydrogen) atoms. The fourth-order valence-corrected chi connectivity index (χ4v) is 3.49. The van der Waals surface area contributed by atoms with Gasteiger partial charge in [-0.2, -0.15) is 0 Å². The van der Waals surface area contributed by atoms with Gasteiger partial charge in [-0.05, 0) is 43.3 Å². The normalized spacial score (nSPS) is 11.7. The van der Waals surface area contributed by atoms with Crippen LogP contribution in [0.25, 0.3) is 10.9 Å². The quantitative estimate of drug-likeness (QED) is 0.755. The van der Waals surface area contributed by atoms with Gasteiger partial charge in [0.15, 0.2) is 5.78 Å². The third-order valence-corrected chi connectivity index (χ3v) is 5.04. The number of carbonyl (C=O) groups excluding carboxylic acids is 1. The van der Waals surface area contributed by atoms with Crippen LogP contribution in [0, 0.1) is 0 Å². The zero-order valence-corrected chi connectivity index (χ0v) is 12.1. The van der Waals surface area contributed by atoms with Crippen LogP contribution in [0.5, 0.6) is 0 Å². The number of carbonyl (C=O) groups is 1. The number of ketones is 1. The minimum absolute atomic E-state index is 0.0504. The summed E-state index contributed by atoms with van der Waals surface area (Å²) in [5.41, 5.74) is 1.25. The highest BCUT2D eigenvalue weighted by atomic mass is 32.2. The van der Waals surface area contributed by atoms with Crippen LogP contribution in [0.4, 0.5) is 0 Å². The molecule has 1 aromatic heterocycles. The van der Waals surface area contributed by atoms with E-state index in [1.165, 1.54) is 6.92 Å². The number of fused-ring (bicyclic) bond motifs is 1. The van der Waals surface area contributed by atoms with Gasteiger partial charge in [0.2, 0.25) is 9.84 Å². The van der Waals surface area contributed by atoms with Crippen molar-refractivity contribution < 1.29 is 13.2 Å². The largest absolute Gasteiger partial charge is 0.345 e. The lowest BCUT2D eigenvalue weighted by Gasteiger charge is -2.00. The maximum Gasteiger partial charge on any atom is 0.221 e. The molecule has 0 aliphatic heterocycles. The molecule has 106 valence electrons. The van der Waals surface area contributed by atoms with E-state index < -0.39 is 9.84 Å². The first-order valence-corrected chi connectivity index (χ1v) is 7.90. The van der Waals surface area contributed by atoms with Crippen LogP contribution in [0.1, 0.15) is 17.3 Å². The van der Waals surface area contributed by atoms with Gasteiger partial charge >= 0.3 is 0 Å². The average molecular weight is 299 g/mol. The molecule has 0 amide bonds. The molecule has 0 aliphatic rings. The van der Waals surface area contributed by atoms with E-state index in [1.807, 2.05) is 0 Å². The number of aromatic nitrogens is 1. The Labute approximate surface area is 122 Å². The smallest absolute Gasteiger partial charge is 0.221 e. The van der Waals surface area contributed by atoms with Crippen molar-refractivity contribution >= 4 is 26.5 Å². The lowest BCUT2D eigenvalue weighted by molar-refractivity contribution is 0.101. The Morgan fingerprint density at radius 3 is 2.38 bits per heavy atom. The molecule has 0 atom stereocenters. The molecule has 3 aromatic rings. The van der Waals surface area contributed by atoms with Gasteiger partial charge in [0.25, 0.3) is 0 Å². The van der Waals surface area contributed by atoms with Crippen LogP contribution in [0.15, 0.2) is 64.5 Å². The van der Waals surface area contributed by atoms with Crippen molar-refractivity contribution in [1.29, 1.82) is 0 Å². The highest BCUT2D eigenvalue weighted by Gasteiger charge is 2.19. The van der Waals surface area contributed by atoms with Crippen LogP contribution >= 0.6 is 0 Å². The van der Waals surface area contributed by atoms with E-state index in [0.29, 0.717) is 16.5 Å². The van der Waals surface area contributed by atoms with E-state index in [-0.39, 0.29) is 15.7 Å². The molecule has 0 radical (unpaired) electrons. The van der Waals surface area contributed by atoms with Gasteiger partial charge in [0, 0.05) is 16.5 Å². The number of nitrogens with one attached hydrogen (secondary N) is 1. The summed E-state index contributed by atoms with van der Waals surface area (Å²) in [6.45, 7) is 1.48. The summed E-state index contributed by atoms with van der Waals surface area (Å²) >= 11 is 0. The fourth-order valence-electron chi connectivity index (χ4n) is 2.20. The Bertz CT molecular complexity index is 925. The molecule has 0 spiro atoms. The van der Waals surface area contributed by atoms with E-state index in [4.69, 9.17) is 0 Å². The lowest BCUT2D eigenvalue weighted by Crippen LogP contribution is -2.01. The number of hydrogen-bond acceptors (Lipinski definition) is 3. The van der Waals surface area contributed by atoms with Gasteiger partial charge in [0.05, 0.1) is 4.90 Å². The number of rotatable bonds is 3. The second-order valence-electron chi connectivity index (χ2n) is 4.81. The first-order valence-electron chi connectivity index (χ1n) is 6.42. The van der Waals surface area contributed by atoms with Gasteiger partial charge in [0.1, 0.15) is 5.03 Å². The Balaban J connectivity index is 2.15. The fraction of sp³-hybridized carbons (Fsp3) is 0.0625. The summed E-state index contributed by atoms with van der Waals surface area (Å²) in [7, 11) is -3.57. The third-order valence-electron chi connectivity index (χ3n) is 3.35. The summed E-state index contributed by atoms with van der Waals surface area (Å²) < 4.78 is 25.0. The van der Waals surface area contributed by atoms with Crippen molar-refractivity contribution in [2.75, 3.05) is 0 Å². The van der Waals surface area contributed by atoms with Crippen LogP contribution in [0.2, 0.25) is 0 Å². The van der Waals surface area contributed by atoms with E-state index in [0.717, 1.165) is 0 Å². The molecule has 3 rings (SSSR count). The third kappa shape index (κ3) is 2.36. The molecule has 0 saturated carbocycles. The number of benzene rings is 2. The first kappa shape index (κ1) is 13.6. The van der Waals surface area contributed by atoms with Crippen LogP contribution in [-0.2, 0) is 9.84 Å². The Morgan fingerprint density at radius 1 is 1.00 bits per heavy atom. The monoisotopic (exact) mass is 299 g/mol. The van der Waals surface area contributed by atoms with Gasteiger partial charge in [-0.25, -0.2) is 8.42 Å². The molecule has 2 aromatic carbocycles. The maximum absolute atomic E-state index is 12.5. The highest BCUT2D eigenvalue weighted by Crippen LogP contribution is 2.25. The van der Waals surface area contributed by atoms with Crippen molar-refractivity contribution in [1.82, 2.24) is 4.98 Å². The topological polar surface area (TPSA) is 67.0 Å². The van der Waals surface area contributed by atoms with Gasteiger partial charge in [-0.15, -0.1) is 0 Å². The molecule has 1 heterocycles. The molecule has 0 fully saturated rings. The number of H-pyrrole nitrogens is 1. The molecule has 0 bridgehead atoms. The zero-order chi connectivity index (χ0) is 15.0. The molecule has 5 heteroatoms. The van der Waals surface area contributed by atoms with Crippen LogP contribution in [0.3, 0.4) is 0 Å². The number of aromatic amines is 1. The highest BCUT2D eigenvalue weighted by molar-refractivity contribution is 7.91. The molecule has 4 nitrogen and oxygen atoms in total. The zero-order valence-electron chi connectivity index (χ0n) is 11.3. The number of Topliss-reactive ketones (excluding diaryl/α,β-unsaturated/α-hetero) is 1. The Morgan fingerprint density at radius 2 is 1.71 bits per heavy atom. The first-order chi connectivity index (χ1) is 9.98. The van der Waals surface area contributed by atoms with Crippen molar-refractivity contribution in [2.45, 2.75) is 16.8 Å². The van der Waals surface area contributed by atoms with Crippen molar-refractivity contribution in [2.24, 2.45) is 0 Å². The second-order valence-corrected chi connectivity index (χ2v) is 6.73.